The third kappa shape index (κ3) is 4.64. The largest absolute Gasteiger partial charge is 0.352 e. The second-order valence-corrected chi connectivity index (χ2v) is 8.34. The first kappa shape index (κ1) is 20.8. The van der Waals surface area contributed by atoms with Gasteiger partial charge in [0, 0.05) is 36.6 Å². The molecule has 4 rings (SSSR count). The van der Waals surface area contributed by atoms with Crippen molar-refractivity contribution in [2.75, 3.05) is 13.1 Å². The number of piperidine rings is 1. The lowest BCUT2D eigenvalue weighted by molar-refractivity contribution is -0.120. The number of amides is 1. The van der Waals surface area contributed by atoms with Crippen molar-refractivity contribution in [3.05, 3.63) is 64.4 Å². The van der Waals surface area contributed by atoms with Crippen molar-refractivity contribution < 1.29 is 4.79 Å². The van der Waals surface area contributed by atoms with Crippen LogP contribution in [0.1, 0.15) is 19.8 Å². The Bertz CT molecular complexity index is 1080. The first-order valence-electron chi connectivity index (χ1n) is 10.0. The number of halogens is 1. The van der Waals surface area contributed by atoms with E-state index in [1.54, 1.807) is 6.92 Å². The topological polar surface area (TPSA) is 55.1 Å². The average molecular weight is 442 g/mol. The highest BCUT2D eigenvalue weighted by molar-refractivity contribution is 7.71. The van der Waals surface area contributed by atoms with Crippen LogP contribution in [-0.4, -0.2) is 44.3 Å². The van der Waals surface area contributed by atoms with Gasteiger partial charge in [-0.3, -0.25) is 14.3 Å². The van der Waals surface area contributed by atoms with Gasteiger partial charge >= 0.3 is 0 Å². The van der Waals surface area contributed by atoms with Gasteiger partial charge in [-0.1, -0.05) is 41.9 Å². The monoisotopic (exact) mass is 441 g/mol. The fourth-order valence-corrected chi connectivity index (χ4v) is 4.29. The van der Waals surface area contributed by atoms with E-state index in [1.165, 1.54) is 0 Å². The third-order valence-corrected chi connectivity index (χ3v) is 5.85. The highest BCUT2D eigenvalue weighted by Gasteiger charge is 2.22. The predicted octanol–water partition coefficient (Wildman–Crippen LogP) is 4.28. The van der Waals surface area contributed by atoms with Gasteiger partial charge in [-0.25, -0.2) is 4.68 Å². The molecular weight excluding hydrogens is 418 g/mol. The van der Waals surface area contributed by atoms with Crippen LogP contribution in [-0.2, 0) is 11.5 Å². The molecule has 1 saturated heterocycles. The Morgan fingerprint density at radius 3 is 2.63 bits per heavy atom. The Hall–Kier alpha value is -2.48. The predicted molar refractivity (Wildman–Crippen MR) is 121 cm³/mol. The van der Waals surface area contributed by atoms with E-state index in [0.717, 1.165) is 43.0 Å². The highest BCUT2D eigenvalue weighted by atomic mass is 35.5. The smallest absolute Gasteiger partial charge is 0.217 e. The standard InChI is InChI=1S/C22H24ClN5OS/c1-16(29)24-19-8-5-13-26(14-19)15-27-22(30)28(20-11-9-18(23)10-12-20)21(25-27)17-6-3-2-4-7-17/h2-4,6-7,9-12,19H,5,8,13-15H2,1H3,(H,24,29). The van der Waals surface area contributed by atoms with Gasteiger partial charge in [0.05, 0.1) is 12.4 Å². The van der Waals surface area contributed by atoms with Gasteiger partial charge in [0.2, 0.25) is 10.7 Å². The number of nitrogens with one attached hydrogen (secondary N) is 1. The number of likely N-dealkylation sites (tertiary alicyclic amines) is 1. The molecule has 1 unspecified atom stereocenters. The van der Waals surface area contributed by atoms with Crippen molar-refractivity contribution >= 4 is 29.7 Å². The minimum atomic E-state index is 0.0110. The summed E-state index contributed by atoms with van der Waals surface area (Å²) in [7, 11) is 0. The number of carbonyl (C=O) groups excluding carboxylic acids is 1. The molecule has 0 radical (unpaired) electrons. The summed E-state index contributed by atoms with van der Waals surface area (Å²) in [5.41, 5.74) is 1.91. The quantitative estimate of drug-likeness (QED) is 0.600. The molecule has 1 aromatic heterocycles. The molecule has 156 valence electrons. The maximum atomic E-state index is 11.4. The van der Waals surface area contributed by atoms with E-state index in [1.807, 2.05) is 63.8 Å². The van der Waals surface area contributed by atoms with Crippen LogP contribution in [0.25, 0.3) is 17.1 Å². The summed E-state index contributed by atoms with van der Waals surface area (Å²) in [4.78, 5) is 13.7. The van der Waals surface area contributed by atoms with Crippen molar-refractivity contribution in [2.45, 2.75) is 32.5 Å². The van der Waals surface area contributed by atoms with E-state index >= 15 is 0 Å². The van der Waals surface area contributed by atoms with Crippen LogP contribution < -0.4 is 5.32 Å². The second-order valence-electron chi connectivity index (χ2n) is 7.54. The van der Waals surface area contributed by atoms with Crippen LogP contribution in [0.5, 0.6) is 0 Å². The fourth-order valence-electron chi connectivity index (χ4n) is 3.88. The normalized spacial score (nSPS) is 17.1. The van der Waals surface area contributed by atoms with Crippen molar-refractivity contribution in [2.24, 2.45) is 0 Å². The molecule has 0 saturated carbocycles. The SMILES string of the molecule is CC(=O)NC1CCCN(Cn2nc(-c3ccccc3)n(-c3ccc(Cl)cc3)c2=S)C1. The summed E-state index contributed by atoms with van der Waals surface area (Å²) in [6.45, 7) is 3.88. The molecule has 30 heavy (non-hydrogen) atoms. The van der Waals surface area contributed by atoms with Crippen molar-refractivity contribution in [1.29, 1.82) is 0 Å². The van der Waals surface area contributed by atoms with Crippen molar-refractivity contribution in [3.63, 3.8) is 0 Å². The van der Waals surface area contributed by atoms with Gasteiger partial charge in [-0.05, 0) is 49.3 Å². The molecule has 1 N–H and O–H groups in total. The average Bonchev–Trinajstić information content (AvgIpc) is 3.05. The number of benzene rings is 2. The fraction of sp³-hybridized carbons (Fsp3) is 0.318. The zero-order valence-electron chi connectivity index (χ0n) is 16.8. The van der Waals surface area contributed by atoms with Gasteiger partial charge in [0.1, 0.15) is 0 Å². The van der Waals surface area contributed by atoms with Crippen molar-refractivity contribution in [3.8, 4) is 17.1 Å². The summed E-state index contributed by atoms with van der Waals surface area (Å²) in [5.74, 6) is 0.801. The first-order chi connectivity index (χ1) is 14.5. The first-order valence-corrected chi connectivity index (χ1v) is 10.8. The van der Waals surface area contributed by atoms with Gasteiger partial charge in [-0.15, -0.1) is 5.10 Å². The third-order valence-electron chi connectivity index (χ3n) is 5.20. The van der Waals surface area contributed by atoms with E-state index in [0.29, 0.717) is 16.5 Å². The Morgan fingerprint density at radius 1 is 1.20 bits per heavy atom. The summed E-state index contributed by atoms with van der Waals surface area (Å²) in [6.07, 6.45) is 2.03. The molecule has 2 aromatic carbocycles. The lowest BCUT2D eigenvalue weighted by Crippen LogP contribution is -2.47. The Morgan fingerprint density at radius 2 is 1.93 bits per heavy atom. The summed E-state index contributed by atoms with van der Waals surface area (Å²) in [6, 6.07) is 17.8. The van der Waals surface area contributed by atoms with Crippen LogP contribution >= 0.6 is 23.8 Å². The molecule has 3 aromatic rings. The number of rotatable bonds is 5. The van der Waals surface area contributed by atoms with Gasteiger partial charge in [0.25, 0.3) is 0 Å². The number of hydrogen-bond acceptors (Lipinski definition) is 4. The number of aromatic nitrogens is 3. The zero-order chi connectivity index (χ0) is 21.1. The minimum Gasteiger partial charge on any atom is -0.352 e. The van der Waals surface area contributed by atoms with Crippen LogP contribution in [0.2, 0.25) is 5.02 Å². The van der Waals surface area contributed by atoms with E-state index in [-0.39, 0.29) is 11.9 Å². The summed E-state index contributed by atoms with van der Waals surface area (Å²) in [5, 5.41) is 8.58. The molecule has 1 aliphatic rings. The molecule has 1 aliphatic heterocycles. The second kappa shape index (κ2) is 9.12. The van der Waals surface area contributed by atoms with Crippen molar-refractivity contribution in [1.82, 2.24) is 24.6 Å². The Kier molecular flexibility index (Phi) is 6.32. The molecule has 0 bridgehead atoms. The van der Waals surface area contributed by atoms with E-state index in [2.05, 4.69) is 10.2 Å². The molecular formula is C22H24ClN5OS. The number of hydrogen-bond donors (Lipinski definition) is 1. The van der Waals surface area contributed by atoms with Crippen LogP contribution in [0.3, 0.4) is 0 Å². The number of nitrogens with zero attached hydrogens (tertiary/aromatic N) is 4. The highest BCUT2D eigenvalue weighted by Crippen LogP contribution is 2.24. The van der Waals surface area contributed by atoms with E-state index < -0.39 is 0 Å². The van der Waals surface area contributed by atoms with Gasteiger partial charge < -0.3 is 5.32 Å². The van der Waals surface area contributed by atoms with Crippen LogP contribution in [0.4, 0.5) is 0 Å². The molecule has 6 nitrogen and oxygen atoms in total. The van der Waals surface area contributed by atoms with E-state index in [4.69, 9.17) is 28.9 Å². The Labute approximate surface area is 186 Å². The lowest BCUT2D eigenvalue weighted by Gasteiger charge is -2.32. The zero-order valence-corrected chi connectivity index (χ0v) is 18.4. The van der Waals surface area contributed by atoms with E-state index in [9.17, 15) is 4.79 Å². The maximum Gasteiger partial charge on any atom is 0.217 e. The Balaban J connectivity index is 1.68. The molecule has 2 heterocycles. The molecule has 8 heteroatoms. The van der Waals surface area contributed by atoms with Crippen LogP contribution in [0.15, 0.2) is 54.6 Å². The molecule has 1 atom stereocenters. The molecule has 1 fully saturated rings. The van der Waals surface area contributed by atoms with Crippen LogP contribution in [0, 0.1) is 4.77 Å². The lowest BCUT2D eigenvalue weighted by atomic mass is 10.1. The maximum absolute atomic E-state index is 11.4. The minimum absolute atomic E-state index is 0.0110. The summed E-state index contributed by atoms with van der Waals surface area (Å²) < 4.78 is 4.47. The number of carbonyl (C=O) groups is 1. The molecule has 1 amide bonds. The van der Waals surface area contributed by atoms with Gasteiger partial charge in [-0.2, -0.15) is 0 Å². The van der Waals surface area contributed by atoms with Gasteiger partial charge in [0.15, 0.2) is 5.82 Å². The summed E-state index contributed by atoms with van der Waals surface area (Å²) >= 11 is 11.9. The molecule has 0 spiro atoms. The molecule has 0 aliphatic carbocycles.